The Balaban J connectivity index is 1.68. The summed E-state index contributed by atoms with van der Waals surface area (Å²) in [5.74, 6) is -0.695. The van der Waals surface area contributed by atoms with Crippen molar-refractivity contribution in [2.24, 2.45) is 5.41 Å². The molecule has 1 fully saturated rings. The van der Waals surface area contributed by atoms with Gasteiger partial charge in [0.2, 0.25) is 0 Å². The first-order valence-electron chi connectivity index (χ1n) is 7.03. The number of rotatable bonds is 4. The molecule has 0 saturated carbocycles. The van der Waals surface area contributed by atoms with E-state index in [1.165, 1.54) is 4.88 Å². The summed E-state index contributed by atoms with van der Waals surface area (Å²) in [7, 11) is 0. The third kappa shape index (κ3) is 2.99. The zero-order valence-electron chi connectivity index (χ0n) is 12.0. The molecule has 0 spiro atoms. The smallest absolute Gasteiger partial charge is 0.310 e. The number of thiazole rings is 1. The largest absolute Gasteiger partial charge is 0.481 e. The molecule has 5 heteroatoms. The Bertz CT molecular complexity index is 641. The molecular formula is C16H18N2O2S. The molecule has 0 amide bonds. The van der Waals surface area contributed by atoms with Crippen LogP contribution in [0.25, 0.3) is 10.6 Å². The quantitative estimate of drug-likeness (QED) is 0.943. The molecule has 1 N–H and O–H groups in total. The summed E-state index contributed by atoms with van der Waals surface area (Å²) < 4.78 is 0. The van der Waals surface area contributed by atoms with Gasteiger partial charge in [-0.2, -0.15) is 0 Å². The van der Waals surface area contributed by atoms with E-state index in [2.05, 4.69) is 22.0 Å². The molecule has 1 saturated heterocycles. The lowest BCUT2D eigenvalue weighted by Gasteiger charge is -2.19. The molecule has 0 radical (unpaired) electrons. The van der Waals surface area contributed by atoms with Crippen LogP contribution in [0.4, 0.5) is 0 Å². The number of carboxylic acid groups (broad SMARTS) is 1. The standard InChI is InChI=1S/C16H18N2O2S/c1-16(15(19)20)7-8-18(11-16)10-13-9-17-14(21-13)12-5-3-2-4-6-12/h2-6,9H,7-8,10-11H2,1H3,(H,19,20). The summed E-state index contributed by atoms with van der Waals surface area (Å²) in [4.78, 5) is 19.1. The van der Waals surface area contributed by atoms with Gasteiger partial charge >= 0.3 is 5.97 Å². The molecule has 21 heavy (non-hydrogen) atoms. The van der Waals surface area contributed by atoms with E-state index in [4.69, 9.17) is 0 Å². The molecule has 1 aromatic heterocycles. The van der Waals surface area contributed by atoms with Crippen molar-refractivity contribution >= 4 is 17.3 Å². The first kappa shape index (κ1) is 14.2. The number of aromatic nitrogens is 1. The Morgan fingerprint density at radius 2 is 2.19 bits per heavy atom. The zero-order valence-corrected chi connectivity index (χ0v) is 12.8. The van der Waals surface area contributed by atoms with Gasteiger partial charge in [-0.15, -0.1) is 11.3 Å². The van der Waals surface area contributed by atoms with E-state index in [0.717, 1.165) is 23.7 Å². The molecule has 3 rings (SSSR count). The van der Waals surface area contributed by atoms with Crippen LogP contribution >= 0.6 is 11.3 Å². The Kier molecular flexibility index (Phi) is 3.78. The molecule has 1 atom stereocenters. The monoisotopic (exact) mass is 302 g/mol. The molecule has 0 bridgehead atoms. The highest BCUT2D eigenvalue weighted by Crippen LogP contribution is 2.32. The average Bonchev–Trinajstić information content (AvgIpc) is 3.08. The molecular weight excluding hydrogens is 284 g/mol. The molecule has 1 aromatic carbocycles. The van der Waals surface area contributed by atoms with E-state index in [0.29, 0.717) is 13.0 Å². The lowest BCUT2D eigenvalue weighted by atomic mass is 9.90. The van der Waals surface area contributed by atoms with E-state index in [9.17, 15) is 9.90 Å². The van der Waals surface area contributed by atoms with Crippen LogP contribution in [0, 0.1) is 5.41 Å². The maximum atomic E-state index is 11.3. The lowest BCUT2D eigenvalue weighted by Crippen LogP contribution is -2.31. The summed E-state index contributed by atoms with van der Waals surface area (Å²) in [6, 6.07) is 10.1. The van der Waals surface area contributed by atoms with Gasteiger partial charge in [-0.3, -0.25) is 9.69 Å². The van der Waals surface area contributed by atoms with E-state index < -0.39 is 11.4 Å². The van der Waals surface area contributed by atoms with Crippen LogP contribution in [-0.4, -0.2) is 34.0 Å². The summed E-state index contributed by atoms with van der Waals surface area (Å²) in [6.07, 6.45) is 2.62. The van der Waals surface area contributed by atoms with E-state index in [-0.39, 0.29) is 0 Å². The first-order chi connectivity index (χ1) is 10.1. The number of hydrogen-bond acceptors (Lipinski definition) is 4. The number of likely N-dealkylation sites (tertiary alicyclic amines) is 1. The first-order valence-corrected chi connectivity index (χ1v) is 7.84. The van der Waals surface area contributed by atoms with Crippen molar-refractivity contribution in [1.29, 1.82) is 0 Å². The summed E-state index contributed by atoms with van der Waals surface area (Å²) >= 11 is 1.68. The average molecular weight is 302 g/mol. The van der Waals surface area contributed by atoms with Crippen LogP contribution in [0.1, 0.15) is 18.2 Å². The highest BCUT2D eigenvalue weighted by atomic mass is 32.1. The maximum absolute atomic E-state index is 11.3. The second kappa shape index (κ2) is 5.58. The van der Waals surface area contributed by atoms with Crippen molar-refractivity contribution in [3.05, 3.63) is 41.4 Å². The Morgan fingerprint density at radius 3 is 2.86 bits per heavy atom. The minimum atomic E-state index is -0.695. The SMILES string of the molecule is CC1(C(=O)O)CCN(Cc2cnc(-c3ccccc3)s2)C1. The normalized spacial score (nSPS) is 22.5. The predicted molar refractivity (Wildman–Crippen MR) is 83.2 cm³/mol. The second-order valence-corrected chi connectivity index (χ2v) is 6.94. The summed E-state index contributed by atoms with van der Waals surface area (Å²) in [6.45, 7) is 4.06. The molecule has 1 unspecified atom stereocenters. The molecule has 2 aromatic rings. The second-order valence-electron chi connectivity index (χ2n) is 5.82. The van der Waals surface area contributed by atoms with Gasteiger partial charge in [-0.25, -0.2) is 4.98 Å². The Morgan fingerprint density at radius 1 is 1.43 bits per heavy atom. The van der Waals surface area contributed by atoms with Crippen LogP contribution in [-0.2, 0) is 11.3 Å². The zero-order chi connectivity index (χ0) is 14.9. The molecule has 1 aliphatic rings. The molecule has 4 nitrogen and oxygen atoms in total. The van der Waals surface area contributed by atoms with Gasteiger partial charge in [0.05, 0.1) is 5.41 Å². The number of carbonyl (C=O) groups is 1. The fourth-order valence-electron chi connectivity index (χ4n) is 2.68. The van der Waals surface area contributed by atoms with Gasteiger partial charge in [-0.1, -0.05) is 30.3 Å². The minimum Gasteiger partial charge on any atom is -0.481 e. The van der Waals surface area contributed by atoms with E-state index in [1.54, 1.807) is 11.3 Å². The van der Waals surface area contributed by atoms with Gasteiger partial charge < -0.3 is 5.11 Å². The van der Waals surface area contributed by atoms with Gasteiger partial charge in [-0.05, 0) is 19.9 Å². The number of carboxylic acids is 1. The van der Waals surface area contributed by atoms with Gasteiger partial charge in [0.15, 0.2) is 0 Å². The highest BCUT2D eigenvalue weighted by molar-refractivity contribution is 7.15. The number of hydrogen-bond donors (Lipinski definition) is 1. The van der Waals surface area contributed by atoms with Crippen LogP contribution in [0.2, 0.25) is 0 Å². The van der Waals surface area contributed by atoms with Gasteiger partial charge in [0.25, 0.3) is 0 Å². The molecule has 110 valence electrons. The van der Waals surface area contributed by atoms with Crippen molar-refractivity contribution in [1.82, 2.24) is 9.88 Å². The predicted octanol–water partition coefficient (Wildman–Crippen LogP) is 3.11. The fraction of sp³-hybridized carbons (Fsp3) is 0.375. The lowest BCUT2D eigenvalue weighted by molar-refractivity contribution is -0.147. The van der Waals surface area contributed by atoms with Crippen LogP contribution in [0.5, 0.6) is 0 Å². The van der Waals surface area contributed by atoms with Crippen molar-refractivity contribution in [2.75, 3.05) is 13.1 Å². The topological polar surface area (TPSA) is 53.4 Å². The van der Waals surface area contributed by atoms with Crippen molar-refractivity contribution in [2.45, 2.75) is 19.9 Å². The van der Waals surface area contributed by atoms with Crippen LogP contribution < -0.4 is 0 Å². The maximum Gasteiger partial charge on any atom is 0.310 e. The number of nitrogens with zero attached hydrogens (tertiary/aromatic N) is 2. The van der Waals surface area contributed by atoms with Gasteiger partial charge in [0, 0.05) is 29.7 Å². The molecule has 1 aliphatic heterocycles. The third-order valence-electron chi connectivity index (χ3n) is 4.02. The summed E-state index contributed by atoms with van der Waals surface area (Å²) in [5, 5.41) is 10.3. The minimum absolute atomic E-state index is 0.604. The fourth-order valence-corrected chi connectivity index (χ4v) is 3.64. The Hall–Kier alpha value is -1.72. The van der Waals surface area contributed by atoms with Crippen LogP contribution in [0.15, 0.2) is 36.5 Å². The number of aliphatic carboxylic acids is 1. The van der Waals surface area contributed by atoms with Crippen molar-refractivity contribution < 1.29 is 9.90 Å². The van der Waals surface area contributed by atoms with E-state index >= 15 is 0 Å². The molecule has 0 aliphatic carbocycles. The highest BCUT2D eigenvalue weighted by Gasteiger charge is 2.40. The van der Waals surface area contributed by atoms with Gasteiger partial charge in [0.1, 0.15) is 5.01 Å². The third-order valence-corrected chi connectivity index (χ3v) is 5.05. The summed E-state index contributed by atoms with van der Waals surface area (Å²) in [5.41, 5.74) is 0.526. The van der Waals surface area contributed by atoms with E-state index in [1.807, 2.05) is 31.3 Å². The molecule has 2 heterocycles. The van der Waals surface area contributed by atoms with Crippen LogP contribution in [0.3, 0.4) is 0 Å². The number of benzene rings is 1. The van der Waals surface area contributed by atoms with Crippen molar-refractivity contribution in [3.8, 4) is 10.6 Å². The van der Waals surface area contributed by atoms with Crippen molar-refractivity contribution in [3.63, 3.8) is 0 Å². The Labute approximate surface area is 128 Å².